The molecular formula is C28H22N6O4S. The molecule has 39 heavy (non-hydrogen) atoms. The summed E-state index contributed by atoms with van der Waals surface area (Å²) < 4.78 is 7.29. The van der Waals surface area contributed by atoms with Crippen molar-refractivity contribution in [3.63, 3.8) is 0 Å². The Labute approximate surface area is 227 Å². The molecule has 10 nitrogen and oxygen atoms in total. The monoisotopic (exact) mass is 538 g/mol. The van der Waals surface area contributed by atoms with E-state index in [4.69, 9.17) is 4.74 Å². The van der Waals surface area contributed by atoms with Crippen LogP contribution in [0.1, 0.15) is 5.56 Å². The van der Waals surface area contributed by atoms with Gasteiger partial charge in [-0.25, -0.2) is 15.4 Å². The Bertz CT molecular complexity index is 1650. The number of methoxy groups -OCH3 is 1. The molecule has 0 radical (unpaired) electrons. The molecular weight excluding hydrogens is 516 g/mol. The van der Waals surface area contributed by atoms with Crippen molar-refractivity contribution in [3.8, 4) is 22.6 Å². The highest BCUT2D eigenvalue weighted by Gasteiger charge is 2.18. The van der Waals surface area contributed by atoms with Gasteiger partial charge in [0.15, 0.2) is 0 Å². The lowest BCUT2D eigenvalue weighted by atomic mass is 10.1. The first-order valence-electron chi connectivity index (χ1n) is 11.8. The van der Waals surface area contributed by atoms with Crippen molar-refractivity contribution in [1.29, 1.82) is 0 Å². The van der Waals surface area contributed by atoms with Crippen LogP contribution >= 0.6 is 11.8 Å². The molecule has 0 bridgehead atoms. The average Bonchev–Trinajstić information content (AvgIpc) is 3.37. The lowest BCUT2D eigenvalue weighted by Gasteiger charge is -2.07. The van der Waals surface area contributed by atoms with Gasteiger partial charge in [-0.2, -0.15) is 5.10 Å². The van der Waals surface area contributed by atoms with Crippen molar-refractivity contribution in [1.82, 2.24) is 20.0 Å². The minimum absolute atomic E-state index is 0.0144. The third-order valence-electron chi connectivity index (χ3n) is 5.83. The molecule has 1 amide bonds. The summed E-state index contributed by atoms with van der Waals surface area (Å²) in [4.78, 5) is 31.9. The lowest BCUT2D eigenvalue weighted by Crippen LogP contribution is -2.19. The van der Waals surface area contributed by atoms with E-state index in [2.05, 4.69) is 20.5 Å². The number of nitro benzene ring substituents is 1. The highest BCUT2D eigenvalue weighted by atomic mass is 32.2. The maximum Gasteiger partial charge on any atom is 0.269 e. The smallest absolute Gasteiger partial charge is 0.269 e. The van der Waals surface area contributed by atoms with Crippen molar-refractivity contribution in [2.24, 2.45) is 5.10 Å². The molecule has 0 atom stereocenters. The number of hydrogen-bond acceptors (Lipinski definition) is 8. The van der Waals surface area contributed by atoms with E-state index in [1.165, 1.54) is 36.4 Å². The van der Waals surface area contributed by atoms with Crippen molar-refractivity contribution in [3.05, 3.63) is 107 Å². The molecule has 0 aliphatic rings. The summed E-state index contributed by atoms with van der Waals surface area (Å²) in [5.74, 6) is 0.512. The van der Waals surface area contributed by atoms with Gasteiger partial charge in [0.2, 0.25) is 5.91 Å². The number of carbonyl (C=O) groups is 1. The van der Waals surface area contributed by atoms with Crippen molar-refractivity contribution < 1.29 is 14.5 Å². The van der Waals surface area contributed by atoms with Crippen LogP contribution in [-0.2, 0) is 4.79 Å². The number of non-ortho nitro benzene ring substituents is 1. The molecule has 5 aromatic rings. The summed E-state index contributed by atoms with van der Waals surface area (Å²) in [5.41, 5.74) is 6.68. The van der Waals surface area contributed by atoms with Crippen molar-refractivity contribution in [2.75, 3.05) is 12.9 Å². The van der Waals surface area contributed by atoms with Gasteiger partial charge in [0.1, 0.15) is 22.7 Å². The molecule has 3 aromatic carbocycles. The van der Waals surface area contributed by atoms with E-state index in [1.807, 2.05) is 65.4 Å². The largest absolute Gasteiger partial charge is 0.497 e. The SMILES string of the molecule is COc1ccc(-n2cc(-c3ccccc3)c3c(SCC(=O)N/N=C/c4ccc([N+](=O)[O-])cc4)ncnc32)cc1. The molecule has 0 saturated carbocycles. The minimum Gasteiger partial charge on any atom is -0.497 e. The number of amides is 1. The molecule has 0 saturated heterocycles. The fourth-order valence-electron chi connectivity index (χ4n) is 3.95. The maximum absolute atomic E-state index is 12.5. The molecule has 11 heteroatoms. The van der Waals surface area contributed by atoms with Crippen LogP contribution in [0.5, 0.6) is 5.75 Å². The number of hydrogen-bond donors (Lipinski definition) is 1. The number of fused-ring (bicyclic) bond motifs is 1. The highest BCUT2D eigenvalue weighted by molar-refractivity contribution is 8.00. The average molecular weight is 539 g/mol. The molecule has 0 spiro atoms. The Kier molecular flexibility index (Phi) is 7.60. The van der Waals surface area contributed by atoms with Crippen LogP contribution < -0.4 is 10.2 Å². The molecule has 1 N–H and O–H groups in total. The number of nitrogens with one attached hydrogen (secondary N) is 1. The van der Waals surface area contributed by atoms with Crippen LogP contribution in [0.3, 0.4) is 0 Å². The van der Waals surface area contributed by atoms with E-state index >= 15 is 0 Å². The number of thioether (sulfide) groups is 1. The summed E-state index contributed by atoms with van der Waals surface area (Å²) in [6.07, 6.45) is 4.94. The van der Waals surface area contributed by atoms with E-state index in [0.717, 1.165) is 28.0 Å². The number of benzene rings is 3. The van der Waals surface area contributed by atoms with Crippen LogP contribution in [0, 0.1) is 10.1 Å². The first kappa shape index (κ1) is 25.6. The third-order valence-corrected chi connectivity index (χ3v) is 6.82. The second-order valence-corrected chi connectivity index (χ2v) is 9.25. The van der Waals surface area contributed by atoms with E-state index in [0.29, 0.717) is 16.2 Å². The van der Waals surface area contributed by atoms with Gasteiger partial charge in [-0.05, 0) is 47.5 Å². The zero-order valence-corrected chi connectivity index (χ0v) is 21.5. The number of rotatable bonds is 9. The molecule has 0 aliphatic heterocycles. The number of hydrazone groups is 1. The number of ether oxygens (including phenoxy) is 1. The van der Waals surface area contributed by atoms with Gasteiger partial charge in [-0.3, -0.25) is 14.9 Å². The summed E-state index contributed by atoms with van der Waals surface area (Å²) in [5, 5.41) is 16.2. The van der Waals surface area contributed by atoms with Crippen LogP contribution in [0.15, 0.2) is 102 Å². The quantitative estimate of drug-likeness (QED) is 0.0894. The molecule has 0 unspecified atom stereocenters. The summed E-state index contributed by atoms with van der Waals surface area (Å²) >= 11 is 1.29. The normalized spacial score (nSPS) is 11.1. The Morgan fingerprint density at radius 1 is 1.08 bits per heavy atom. The fourth-order valence-corrected chi connectivity index (χ4v) is 4.75. The first-order chi connectivity index (χ1) is 19.0. The van der Waals surface area contributed by atoms with Crippen molar-refractivity contribution >= 4 is 40.6 Å². The van der Waals surface area contributed by atoms with E-state index in [1.54, 1.807) is 19.2 Å². The van der Waals surface area contributed by atoms with E-state index in [9.17, 15) is 14.9 Å². The van der Waals surface area contributed by atoms with Crippen LogP contribution in [-0.4, -0.2) is 44.4 Å². The number of nitrogens with zero attached hydrogens (tertiary/aromatic N) is 5. The minimum atomic E-state index is -0.474. The molecule has 0 aliphatic carbocycles. The molecule has 194 valence electrons. The van der Waals surface area contributed by atoms with Gasteiger partial charge < -0.3 is 9.30 Å². The summed E-state index contributed by atoms with van der Waals surface area (Å²) in [7, 11) is 1.63. The Morgan fingerprint density at radius 3 is 2.51 bits per heavy atom. The van der Waals surface area contributed by atoms with Crippen LogP contribution in [0.2, 0.25) is 0 Å². The van der Waals surface area contributed by atoms with Crippen molar-refractivity contribution in [2.45, 2.75) is 5.03 Å². The maximum atomic E-state index is 12.5. The Balaban J connectivity index is 1.38. The second-order valence-electron chi connectivity index (χ2n) is 8.28. The zero-order chi connectivity index (χ0) is 27.2. The summed E-state index contributed by atoms with van der Waals surface area (Å²) in [6.45, 7) is 0. The number of aromatic nitrogens is 3. The highest BCUT2D eigenvalue weighted by Crippen LogP contribution is 2.36. The third kappa shape index (κ3) is 5.78. The predicted molar refractivity (Wildman–Crippen MR) is 150 cm³/mol. The number of nitro groups is 1. The first-order valence-corrected chi connectivity index (χ1v) is 12.8. The molecule has 0 fully saturated rings. The van der Waals surface area contributed by atoms with Crippen LogP contribution in [0.4, 0.5) is 5.69 Å². The lowest BCUT2D eigenvalue weighted by molar-refractivity contribution is -0.384. The topological polar surface area (TPSA) is 125 Å². The molecule has 2 aromatic heterocycles. The van der Waals surface area contributed by atoms with Gasteiger partial charge in [0.05, 0.1) is 29.4 Å². The Hall–Kier alpha value is -5.03. The zero-order valence-electron chi connectivity index (χ0n) is 20.7. The predicted octanol–water partition coefficient (Wildman–Crippen LogP) is 5.25. The molecule has 2 heterocycles. The van der Waals surface area contributed by atoms with Gasteiger partial charge >= 0.3 is 0 Å². The molecule has 5 rings (SSSR count). The number of carbonyl (C=O) groups excluding carboxylic acids is 1. The Morgan fingerprint density at radius 2 is 1.82 bits per heavy atom. The standard InChI is InChI=1S/C28H22N6O4S/c1-38-23-13-11-21(12-14-23)33-16-24(20-5-3-2-4-6-20)26-27(33)29-18-30-28(26)39-17-25(35)32-31-15-19-7-9-22(10-8-19)34(36)37/h2-16,18H,17H2,1H3,(H,32,35)/b31-15+. The van der Waals surface area contributed by atoms with Gasteiger partial charge in [-0.15, -0.1) is 0 Å². The van der Waals surface area contributed by atoms with E-state index < -0.39 is 4.92 Å². The van der Waals surface area contributed by atoms with Crippen LogP contribution in [0.25, 0.3) is 27.8 Å². The van der Waals surface area contributed by atoms with Gasteiger partial charge in [-0.1, -0.05) is 42.1 Å². The van der Waals surface area contributed by atoms with E-state index in [-0.39, 0.29) is 17.3 Å². The van der Waals surface area contributed by atoms with Gasteiger partial charge in [0, 0.05) is 29.6 Å². The second kappa shape index (κ2) is 11.6. The fraction of sp³-hybridized carbons (Fsp3) is 0.0714. The van der Waals surface area contributed by atoms with Gasteiger partial charge in [0.25, 0.3) is 5.69 Å². The summed E-state index contributed by atoms with van der Waals surface area (Å²) in [6, 6.07) is 23.5.